The van der Waals surface area contributed by atoms with Crippen LogP contribution in [0, 0.1) is 5.92 Å². The van der Waals surface area contributed by atoms with Crippen molar-refractivity contribution in [1.29, 1.82) is 0 Å². The van der Waals surface area contributed by atoms with Crippen LogP contribution in [0.4, 0.5) is 0 Å². The molecule has 1 aromatic heterocycles. The van der Waals surface area contributed by atoms with Crippen molar-refractivity contribution in [3.63, 3.8) is 0 Å². The van der Waals surface area contributed by atoms with E-state index >= 15 is 0 Å². The summed E-state index contributed by atoms with van der Waals surface area (Å²) < 4.78 is 10.7. The second kappa shape index (κ2) is 7.80. The first-order valence-electron chi connectivity index (χ1n) is 9.96. The number of nitrogens with one attached hydrogen (secondary N) is 2. The zero-order valence-corrected chi connectivity index (χ0v) is 16.2. The minimum atomic E-state index is -0.0444. The van der Waals surface area contributed by atoms with Crippen molar-refractivity contribution in [1.82, 2.24) is 15.2 Å². The van der Waals surface area contributed by atoms with E-state index in [0.717, 1.165) is 17.4 Å². The number of nitrogens with zero attached hydrogens (tertiary/aromatic N) is 1. The standard InChI is InChI=1S/C21H29N3O3/c1-26-19-11-15-10-17(23-16(15)12-20(19)27-2)21(25)22-13-14-6-5-9-24-8-4-3-7-18(14)24/h10-12,14,18,23H,3-9,13H2,1-2H3,(H,22,25)/t14-,18-/m0/s1. The lowest BCUT2D eigenvalue weighted by Crippen LogP contribution is -2.51. The number of hydrogen-bond donors (Lipinski definition) is 2. The summed E-state index contributed by atoms with van der Waals surface area (Å²) in [6.07, 6.45) is 6.35. The molecule has 1 aromatic carbocycles. The van der Waals surface area contributed by atoms with Crippen molar-refractivity contribution in [3.8, 4) is 11.5 Å². The normalized spacial score (nSPS) is 23.0. The van der Waals surface area contributed by atoms with Crippen molar-refractivity contribution >= 4 is 16.8 Å². The largest absolute Gasteiger partial charge is 0.493 e. The van der Waals surface area contributed by atoms with Crippen molar-refractivity contribution in [2.45, 2.75) is 38.1 Å². The Balaban J connectivity index is 1.45. The smallest absolute Gasteiger partial charge is 0.267 e. The van der Waals surface area contributed by atoms with Crippen LogP contribution in [0.5, 0.6) is 11.5 Å². The highest BCUT2D eigenvalue weighted by Gasteiger charge is 2.33. The Hall–Kier alpha value is -2.21. The number of hydrogen-bond acceptors (Lipinski definition) is 4. The number of methoxy groups -OCH3 is 2. The minimum Gasteiger partial charge on any atom is -0.493 e. The summed E-state index contributed by atoms with van der Waals surface area (Å²) in [5, 5.41) is 4.10. The van der Waals surface area contributed by atoms with E-state index in [0.29, 0.717) is 29.2 Å². The Morgan fingerprint density at radius 3 is 2.70 bits per heavy atom. The van der Waals surface area contributed by atoms with Gasteiger partial charge in [0.15, 0.2) is 11.5 Å². The molecule has 6 heteroatoms. The molecule has 146 valence electrons. The van der Waals surface area contributed by atoms with Crippen molar-refractivity contribution in [2.24, 2.45) is 5.92 Å². The van der Waals surface area contributed by atoms with Gasteiger partial charge in [0.25, 0.3) is 5.91 Å². The molecule has 2 fully saturated rings. The van der Waals surface area contributed by atoms with Gasteiger partial charge in [-0.25, -0.2) is 0 Å². The highest BCUT2D eigenvalue weighted by Crippen LogP contribution is 2.33. The third kappa shape index (κ3) is 3.63. The number of fused-ring (bicyclic) bond motifs is 2. The number of benzene rings is 1. The highest BCUT2D eigenvalue weighted by molar-refractivity contribution is 5.98. The number of aromatic nitrogens is 1. The summed E-state index contributed by atoms with van der Waals surface area (Å²) in [4.78, 5) is 18.5. The maximum Gasteiger partial charge on any atom is 0.267 e. The van der Waals surface area contributed by atoms with Crippen LogP contribution in [-0.4, -0.2) is 55.7 Å². The summed E-state index contributed by atoms with van der Waals surface area (Å²) in [6, 6.07) is 6.28. The van der Waals surface area contributed by atoms with Crippen LogP contribution in [0.25, 0.3) is 10.9 Å². The second-order valence-electron chi connectivity index (χ2n) is 7.69. The fourth-order valence-electron chi connectivity index (χ4n) is 4.72. The van der Waals surface area contributed by atoms with Gasteiger partial charge in [-0.15, -0.1) is 0 Å². The Morgan fingerprint density at radius 1 is 1.11 bits per heavy atom. The molecule has 0 spiro atoms. The second-order valence-corrected chi connectivity index (χ2v) is 7.69. The number of amides is 1. The van der Waals surface area contributed by atoms with Gasteiger partial charge >= 0.3 is 0 Å². The monoisotopic (exact) mass is 371 g/mol. The summed E-state index contributed by atoms with van der Waals surface area (Å²) in [5.74, 6) is 1.83. The highest BCUT2D eigenvalue weighted by atomic mass is 16.5. The molecule has 6 nitrogen and oxygen atoms in total. The van der Waals surface area contributed by atoms with E-state index < -0.39 is 0 Å². The van der Waals surface area contributed by atoms with Gasteiger partial charge in [0.2, 0.25) is 0 Å². The van der Waals surface area contributed by atoms with Crippen LogP contribution in [0.3, 0.4) is 0 Å². The van der Waals surface area contributed by atoms with Crippen LogP contribution >= 0.6 is 0 Å². The van der Waals surface area contributed by atoms with Crippen LogP contribution in [-0.2, 0) is 0 Å². The predicted octanol–water partition coefficient (Wildman–Crippen LogP) is 3.18. The number of aromatic amines is 1. The molecule has 27 heavy (non-hydrogen) atoms. The number of piperidine rings is 2. The minimum absolute atomic E-state index is 0.0444. The van der Waals surface area contributed by atoms with E-state index in [2.05, 4.69) is 15.2 Å². The topological polar surface area (TPSA) is 66.6 Å². The molecule has 2 atom stereocenters. The number of ether oxygens (including phenoxy) is 2. The lowest BCUT2D eigenvalue weighted by Gasteiger charge is -2.44. The van der Waals surface area contributed by atoms with E-state index in [1.807, 2.05) is 18.2 Å². The lowest BCUT2D eigenvalue weighted by molar-refractivity contribution is 0.0575. The summed E-state index contributed by atoms with van der Waals surface area (Å²) in [6.45, 7) is 3.20. The Bertz CT molecular complexity index is 773. The molecule has 0 aliphatic carbocycles. The number of carbonyl (C=O) groups excluding carboxylic acids is 1. The molecule has 1 amide bonds. The van der Waals surface area contributed by atoms with Crippen LogP contribution in [0.15, 0.2) is 18.2 Å². The fourth-order valence-corrected chi connectivity index (χ4v) is 4.72. The Labute approximate surface area is 160 Å². The molecule has 4 rings (SSSR count). The third-order valence-electron chi connectivity index (χ3n) is 6.12. The van der Waals surface area contributed by atoms with Gasteiger partial charge in [-0.2, -0.15) is 0 Å². The maximum absolute atomic E-state index is 12.7. The van der Waals surface area contributed by atoms with Gasteiger partial charge in [-0.1, -0.05) is 6.42 Å². The van der Waals surface area contributed by atoms with Crippen molar-refractivity contribution < 1.29 is 14.3 Å². The van der Waals surface area contributed by atoms with Gasteiger partial charge in [-0.05, 0) is 56.8 Å². The van der Waals surface area contributed by atoms with Gasteiger partial charge in [-0.3, -0.25) is 4.79 Å². The predicted molar refractivity (Wildman–Crippen MR) is 106 cm³/mol. The zero-order valence-electron chi connectivity index (χ0n) is 16.2. The van der Waals surface area contributed by atoms with Gasteiger partial charge in [0.05, 0.1) is 14.2 Å². The fraction of sp³-hybridized carbons (Fsp3) is 0.571. The Morgan fingerprint density at radius 2 is 1.89 bits per heavy atom. The number of rotatable bonds is 5. The van der Waals surface area contributed by atoms with E-state index in [-0.39, 0.29) is 5.91 Å². The van der Waals surface area contributed by atoms with Crippen molar-refractivity contribution in [2.75, 3.05) is 33.9 Å². The first-order valence-corrected chi connectivity index (χ1v) is 9.96. The lowest BCUT2D eigenvalue weighted by atomic mass is 9.83. The zero-order chi connectivity index (χ0) is 18.8. The first kappa shape index (κ1) is 18.2. The molecular weight excluding hydrogens is 342 g/mol. The van der Waals surface area contributed by atoms with Crippen LogP contribution < -0.4 is 14.8 Å². The molecule has 2 N–H and O–H groups in total. The summed E-state index contributed by atoms with van der Waals surface area (Å²) in [5.41, 5.74) is 1.45. The molecule has 2 saturated heterocycles. The van der Waals surface area contributed by atoms with E-state index in [9.17, 15) is 4.79 Å². The summed E-state index contributed by atoms with van der Waals surface area (Å²) in [7, 11) is 3.22. The first-order chi connectivity index (χ1) is 13.2. The molecule has 0 unspecified atom stereocenters. The summed E-state index contributed by atoms with van der Waals surface area (Å²) >= 11 is 0. The molecule has 2 aliphatic rings. The molecule has 0 bridgehead atoms. The molecule has 2 aliphatic heterocycles. The maximum atomic E-state index is 12.7. The molecular formula is C21H29N3O3. The van der Waals surface area contributed by atoms with Crippen molar-refractivity contribution in [3.05, 3.63) is 23.9 Å². The molecule has 0 radical (unpaired) electrons. The Kier molecular flexibility index (Phi) is 5.25. The van der Waals surface area contributed by atoms with Crippen LogP contribution in [0.2, 0.25) is 0 Å². The van der Waals surface area contributed by atoms with Crippen LogP contribution in [0.1, 0.15) is 42.6 Å². The third-order valence-corrected chi connectivity index (χ3v) is 6.12. The average Bonchev–Trinajstić information content (AvgIpc) is 3.13. The molecule has 0 saturated carbocycles. The van der Waals surface area contributed by atoms with Gasteiger partial charge in [0.1, 0.15) is 5.69 Å². The number of carbonyl (C=O) groups is 1. The average molecular weight is 371 g/mol. The van der Waals surface area contributed by atoms with Gasteiger partial charge in [0, 0.05) is 29.6 Å². The van der Waals surface area contributed by atoms with E-state index in [4.69, 9.17) is 9.47 Å². The van der Waals surface area contributed by atoms with E-state index in [1.54, 1.807) is 14.2 Å². The SMILES string of the molecule is COc1cc2cc(C(=O)NC[C@@H]3CCCN4CCCC[C@@H]34)[nH]c2cc1OC. The molecule has 3 heterocycles. The number of H-pyrrole nitrogens is 1. The van der Waals surface area contributed by atoms with Gasteiger partial charge < -0.3 is 24.7 Å². The van der Waals surface area contributed by atoms with E-state index in [1.165, 1.54) is 45.2 Å². The molecule has 2 aromatic rings. The quantitative estimate of drug-likeness (QED) is 0.847.